The predicted octanol–water partition coefficient (Wildman–Crippen LogP) is 3.20. The van der Waals surface area contributed by atoms with Crippen LogP contribution in [0.15, 0.2) is 30.3 Å². The Bertz CT molecular complexity index is 409. The number of hydrogen-bond acceptors (Lipinski definition) is 3. The normalized spacial score (nSPS) is 11.6. The number of nitriles is 1. The van der Waals surface area contributed by atoms with E-state index in [4.69, 9.17) is 10.4 Å². The Balaban J connectivity index is 2.35. The molecule has 0 aliphatic heterocycles. The zero-order valence-corrected chi connectivity index (χ0v) is 12.7. The summed E-state index contributed by atoms with van der Waals surface area (Å²) in [5.74, 6) is 0. The fourth-order valence-corrected chi connectivity index (χ4v) is 2.21. The van der Waals surface area contributed by atoms with Crippen LogP contribution in [0.5, 0.6) is 0 Å². The smallest absolute Gasteiger partial charge is 0.0683 e. The van der Waals surface area contributed by atoms with Crippen LogP contribution >= 0.6 is 0 Å². The third-order valence-electron chi connectivity index (χ3n) is 3.49. The molecule has 0 aliphatic carbocycles. The number of aliphatic hydroxyl groups excluding tert-OH is 1. The van der Waals surface area contributed by atoms with Crippen LogP contribution < -0.4 is 0 Å². The van der Waals surface area contributed by atoms with Crippen LogP contribution in [0.3, 0.4) is 0 Å². The van der Waals surface area contributed by atoms with E-state index in [1.807, 2.05) is 32.0 Å². The van der Waals surface area contributed by atoms with Crippen molar-refractivity contribution in [3.8, 4) is 6.07 Å². The quantitative estimate of drug-likeness (QED) is 0.703. The Kier molecular flexibility index (Phi) is 7.28. The maximum Gasteiger partial charge on any atom is 0.0683 e. The highest BCUT2D eigenvalue weighted by Gasteiger charge is 2.15. The summed E-state index contributed by atoms with van der Waals surface area (Å²) in [4.78, 5) is 2.27. The summed E-state index contributed by atoms with van der Waals surface area (Å²) >= 11 is 0. The van der Waals surface area contributed by atoms with Crippen LogP contribution in [0.4, 0.5) is 0 Å². The van der Waals surface area contributed by atoms with Crippen LogP contribution in [-0.4, -0.2) is 29.7 Å². The lowest BCUT2D eigenvalue weighted by Gasteiger charge is -2.22. The van der Waals surface area contributed by atoms with Crippen LogP contribution in [0, 0.1) is 16.7 Å². The predicted molar refractivity (Wildman–Crippen MR) is 82.0 cm³/mol. The molecule has 1 rings (SSSR count). The summed E-state index contributed by atoms with van der Waals surface area (Å²) in [6.45, 7) is 6.72. The first-order valence-electron chi connectivity index (χ1n) is 7.36. The van der Waals surface area contributed by atoms with Crippen LogP contribution in [-0.2, 0) is 6.54 Å². The molecule has 0 bridgehead atoms. The molecule has 0 saturated carbocycles. The summed E-state index contributed by atoms with van der Waals surface area (Å²) in [6, 6.07) is 12.7. The second-order valence-corrected chi connectivity index (χ2v) is 5.94. The maximum atomic E-state index is 9.15. The lowest BCUT2D eigenvalue weighted by Crippen LogP contribution is -2.27. The molecule has 0 amide bonds. The standard InChI is InChI=1S/C17H26N2O/c1-17(2,15-18)10-6-7-11-19(12-13-20)14-16-8-4-3-5-9-16/h3-5,8-9,20H,6-7,10-14H2,1-2H3. The van der Waals surface area contributed by atoms with Gasteiger partial charge >= 0.3 is 0 Å². The Labute approximate surface area is 122 Å². The van der Waals surface area contributed by atoms with Gasteiger partial charge in [-0.25, -0.2) is 0 Å². The maximum absolute atomic E-state index is 9.15. The van der Waals surface area contributed by atoms with Gasteiger partial charge in [0.25, 0.3) is 0 Å². The molecule has 0 aliphatic rings. The van der Waals surface area contributed by atoms with E-state index in [0.717, 1.165) is 32.4 Å². The Morgan fingerprint density at radius 3 is 2.45 bits per heavy atom. The number of nitrogens with zero attached hydrogens (tertiary/aromatic N) is 2. The summed E-state index contributed by atoms with van der Waals surface area (Å²) in [5, 5.41) is 18.1. The van der Waals surface area contributed by atoms with Gasteiger partial charge in [0, 0.05) is 13.1 Å². The first-order chi connectivity index (χ1) is 9.57. The fraction of sp³-hybridized carbons (Fsp3) is 0.588. The minimum absolute atomic E-state index is 0.191. The van der Waals surface area contributed by atoms with Gasteiger partial charge in [-0.05, 0) is 38.8 Å². The molecule has 20 heavy (non-hydrogen) atoms. The highest BCUT2D eigenvalue weighted by Crippen LogP contribution is 2.21. The van der Waals surface area contributed by atoms with Crippen LogP contribution in [0.2, 0.25) is 0 Å². The summed E-state index contributed by atoms with van der Waals surface area (Å²) in [5.41, 5.74) is 1.06. The van der Waals surface area contributed by atoms with E-state index < -0.39 is 0 Å². The van der Waals surface area contributed by atoms with E-state index in [2.05, 4.69) is 23.1 Å². The first kappa shape index (κ1) is 16.7. The number of benzene rings is 1. The van der Waals surface area contributed by atoms with E-state index in [1.165, 1.54) is 5.56 Å². The Hall–Kier alpha value is -1.37. The van der Waals surface area contributed by atoms with Crippen molar-refractivity contribution in [1.29, 1.82) is 5.26 Å². The van der Waals surface area contributed by atoms with Gasteiger partial charge in [0.2, 0.25) is 0 Å². The van der Waals surface area contributed by atoms with Crippen LogP contribution in [0.25, 0.3) is 0 Å². The zero-order valence-electron chi connectivity index (χ0n) is 12.7. The molecular formula is C17H26N2O. The lowest BCUT2D eigenvalue weighted by atomic mass is 9.89. The fourth-order valence-electron chi connectivity index (χ4n) is 2.21. The van der Waals surface area contributed by atoms with Crippen molar-refractivity contribution in [2.24, 2.45) is 5.41 Å². The minimum Gasteiger partial charge on any atom is -0.395 e. The molecule has 0 saturated heterocycles. The van der Waals surface area contributed by atoms with Gasteiger partial charge in [0.1, 0.15) is 0 Å². The van der Waals surface area contributed by atoms with Crippen molar-refractivity contribution >= 4 is 0 Å². The molecule has 1 aromatic rings. The molecule has 0 aromatic heterocycles. The van der Waals surface area contributed by atoms with Gasteiger partial charge in [0.15, 0.2) is 0 Å². The second-order valence-electron chi connectivity index (χ2n) is 5.94. The van der Waals surface area contributed by atoms with Gasteiger partial charge in [-0.1, -0.05) is 36.8 Å². The molecule has 0 heterocycles. The monoisotopic (exact) mass is 274 g/mol. The molecule has 0 atom stereocenters. The van der Waals surface area contributed by atoms with E-state index >= 15 is 0 Å². The topological polar surface area (TPSA) is 47.3 Å². The molecule has 1 N–H and O–H groups in total. The average molecular weight is 274 g/mol. The molecule has 0 fully saturated rings. The average Bonchev–Trinajstić information content (AvgIpc) is 2.45. The molecular weight excluding hydrogens is 248 g/mol. The van der Waals surface area contributed by atoms with Crippen molar-refractivity contribution in [2.75, 3.05) is 19.7 Å². The van der Waals surface area contributed by atoms with Gasteiger partial charge < -0.3 is 5.11 Å². The summed E-state index contributed by atoms with van der Waals surface area (Å²) < 4.78 is 0. The first-order valence-corrected chi connectivity index (χ1v) is 7.36. The van der Waals surface area contributed by atoms with Crippen LogP contribution in [0.1, 0.15) is 38.7 Å². The van der Waals surface area contributed by atoms with Crippen molar-refractivity contribution in [1.82, 2.24) is 4.90 Å². The molecule has 3 heteroatoms. The van der Waals surface area contributed by atoms with E-state index in [0.29, 0.717) is 6.54 Å². The minimum atomic E-state index is -0.221. The van der Waals surface area contributed by atoms with Gasteiger partial charge in [0.05, 0.1) is 18.1 Å². The molecule has 1 aromatic carbocycles. The lowest BCUT2D eigenvalue weighted by molar-refractivity contribution is 0.186. The van der Waals surface area contributed by atoms with Crippen molar-refractivity contribution in [3.63, 3.8) is 0 Å². The highest BCUT2D eigenvalue weighted by atomic mass is 16.3. The van der Waals surface area contributed by atoms with Crippen molar-refractivity contribution in [2.45, 2.75) is 39.7 Å². The third-order valence-corrected chi connectivity index (χ3v) is 3.49. The summed E-state index contributed by atoms with van der Waals surface area (Å²) in [7, 11) is 0. The molecule has 3 nitrogen and oxygen atoms in total. The van der Waals surface area contributed by atoms with Gasteiger partial charge in [-0.15, -0.1) is 0 Å². The van der Waals surface area contributed by atoms with E-state index in [-0.39, 0.29) is 12.0 Å². The SMILES string of the molecule is CC(C)(C#N)CCCCN(CCO)Cc1ccccc1. The highest BCUT2D eigenvalue weighted by molar-refractivity contribution is 5.14. The van der Waals surface area contributed by atoms with Crippen molar-refractivity contribution in [3.05, 3.63) is 35.9 Å². The number of rotatable bonds is 9. The van der Waals surface area contributed by atoms with E-state index in [1.54, 1.807) is 0 Å². The molecule has 0 unspecified atom stereocenters. The number of aliphatic hydroxyl groups is 1. The van der Waals surface area contributed by atoms with Gasteiger partial charge in [-0.2, -0.15) is 5.26 Å². The Morgan fingerprint density at radius 1 is 1.15 bits per heavy atom. The van der Waals surface area contributed by atoms with Gasteiger partial charge in [-0.3, -0.25) is 4.90 Å². The molecule has 0 radical (unpaired) electrons. The third kappa shape index (κ3) is 6.70. The largest absolute Gasteiger partial charge is 0.395 e. The summed E-state index contributed by atoms with van der Waals surface area (Å²) in [6.07, 6.45) is 3.05. The molecule has 0 spiro atoms. The zero-order chi connectivity index (χ0) is 14.8. The Morgan fingerprint density at radius 2 is 1.85 bits per heavy atom. The number of hydrogen-bond donors (Lipinski definition) is 1. The number of unbranched alkanes of at least 4 members (excludes halogenated alkanes) is 1. The van der Waals surface area contributed by atoms with Crippen molar-refractivity contribution < 1.29 is 5.11 Å². The molecule has 110 valence electrons. The van der Waals surface area contributed by atoms with E-state index in [9.17, 15) is 0 Å². The second kappa shape index (κ2) is 8.73.